The highest BCUT2D eigenvalue weighted by Crippen LogP contribution is 2.28. The molecule has 0 aliphatic heterocycles. The van der Waals surface area contributed by atoms with Gasteiger partial charge in [0.25, 0.3) is 0 Å². The third kappa shape index (κ3) is 5.46. The molecule has 0 bridgehead atoms. The van der Waals surface area contributed by atoms with Crippen LogP contribution >= 0.6 is 0 Å². The van der Waals surface area contributed by atoms with E-state index in [0.717, 1.165) is 29.1 Å². The molecule has 160 valence electrons. The highest BCUT2D eigenvalue weighted by molar-refractivity contribution is 5.36. The van der Waals surface area contributed by atoms with Crippen LogP contribution in [0.4, 0.5) is 4.39 Å². The summed E-state index contributed by atoms with van der Waals surface area (Å²) < 4.78 is 21.6. The lowest BCUT2D eigenvalue weighted by molar-refractivity contribution is 0.104. The average Bonchev–Trinajstić information content (AvgIpc) is 3.17. The maximum atomic E-state index is 13.8. The molecule has 3 aromatic rings. The Morgan fingerprint density at radius 1 is 1.20 bits per heavy atom. The van der Waals surface area contributed by atoms with Crippen LogP contribution in [0.15, 0.2) is 60.9 Å². The molecule has 0 spiro atoms. The maximum absolute atomic E-state index is 13.8. The predicted octanol–water partition coefficient (Wildman–Crippen LogP) is 4.19. The summed E-state index contributed by atoms with van der Waals surface area (Å²) >= 11 is 0. The van der Waals surface area contributed by atoms with Gasteiger partial charge in [0.2, 0.25) is 0 Å². The van der Waals surface area contributed by atoms with Gasteiger partial charge >= 0.3 is 0 Å². The van der Waals surface area contributed by atoms with Gasteiger partial charge in [-0.1, -0.05) is 44.2 Å². The van der Waals surface area contributed by atoms with Gasteiger partial charge in [-0.2, -0.15) is 0 Å². The minimum absolute atomic E-state index is 0.164. The molecule has 0 radical (unpaired) electrons. The monoisotopic (exact) mass is 411 g/mol. The van der Waals surface area contributed by atoms with Crippen LogP contribution in [0.1, 0.15) is 49.2 Å². The number of hydrogen-bond donors (Lipinski definition) is 2. The molecule has 0 aliphatic carbocycles. The van der Waals surface area contributed by atoms with E-state index in [2.05, 4.69) is 30.2 Å². The Morgan fingerprint density at radius 2 is 2.00 bits per heavy atom. The quantitative estimate of drug-likeness (QED) is 0.525. The molecular weight excluding hydrogens is 381 g/mol. The minimum atomic E-state index is -0.730. The molecule has 0 saturated heterocycles. The Hall–Kier alpha value is -2.70. The zero-order valence-electron chi connectivity index (χ0n) is 17.8. The number of nitrogens with zero attached hydrogens (tertiary/aromatic N) is 2. The fraction of sp³-hybridized carbons (Fsp3) is 0.375. The first-order valence-corrected chi connectivity index (χ1v) is 10.4. The van der Waals surface area contributed by atoms with Crippen molar-refractivity contribution >= 4 is 0 Å². The molecule has 1 heterocycles. The van der Waals surface area contributed by atoms with Crippen LogP contribution < -0.4 is 10.1 Å². The summed E-state index contributed by atoms with van der Waals surface area (Å²) in [6, 6.07) is 14.0. The second-order valence-electron chi connectivity index (χ2n) is 7.60. The number of nitrogens with one attached hydrogen (secondary N) is 1. The van der Waals surface area contributed by atoms with Crippen molar-refractivity contribution in [3.05, 3.63) is 83.7 Å². The Morgan fingerprint density at radius 3 is 2.70 bits per heavy atom. The molecule has 0 aliphatic rings. The van der Waals surface area contributed by atoms with Gasteiger partial charge in [-0.15, -0.1) is 0 Å². The van der Waals surface area contributed by atoms with Crippen LogP contribution in [0.3, 0.4) is 0 Å². The van der Waals surface area contributed by atoms with E-state index in [1.807, 2.05) is 42.1 Å². The summed E-state index contributed by atoms with van der Waals surface area (Å²) in [5.41, 5.74) is 1.89. The zero-order chi connectivity index (χ0) is 21.5. The molecule has 1 aromatic heterocycles. The number of aryl methyl sites for hydroxylation is 1. The Labute approximate surface area is 177 Å². The van der Waals surface area contributed by atoms with Crippen LogP contribution in [-0.2, 0) is 7.05 Å². The molecule has 30 heavy (non-hydrogen) atoms. The average molecular weight is 412 g/mol. The van der Waals surface area contributed by atoms with E-state index < -0.39 is 6.10 Å². The molecule has 3 atom stereocenters. The minimum Gasteiger partial charge on any atom is -0.491 e. The summed E-state index contributed by atoms with van der Waals surface area (Å²) in [7, 11) is 1.89. The van der Waals surface area contributed by atoms with Gasteiger partial charge in [-0.05, 0) is 41.7 Å². The van der Waals surface area contributed by atoms with Gasteiger partial charge in [0, 0.05) is 26.0 Å². The summed E-state index contributed by atoms with van der Waals surface area (Å²) in [6.07, 6.45) is 3.83. The van der Waals surface area contributed by atoms with Crippen molar-refractivity contribution in [1.29, 1.82) is 0 Å². The Bertz CT molecular complexity index is 943. The lowest BCUT2D eigenvalue weighted by atomic mass is 9.98. The number of halogens is 1. The van der Waals surface area contributed by atoms with Crippen LogP contribution in [0.2, 0.25) is 0 Å². The first-order chi connectivity index (χ1) is 14.5. The fourth-order valence-electron chi connectivity index (χ4n) is 3.44. The van der Waals surface area contributed by atoms with Crippen molar-refractivity contribution in [2.24, 2.45) is 7.05 Å². The normalized spacial score (nSPS) is 14.3. The molecule has 5 nitrogen and oxygen atoms in total. The standard InChI is InChI=1S/C24H30FN3O2/c1-4-17(2)21-10-5-6-11-22(21)30-16-20(29)15-27-23(24-26-12-13-28(24)3)18-8-7-9-19(25)14-18/h5-14,17,20,23,27,29H,4,15-16H2,1-3H3. The highest BCUT2D eigenvalue weighted by Gasteiger charge is 2.20. The number of aliphatic hydroxyl groups excluding tert-OH is 1. The lowest BCUT2D eigenvalue weighted by Crippen LogP contribution is -2.35. The van der Waals surface area contributed by atoms with E-state index in [9.17, 15) is 9.50 Å². The number of benzene rings is 2. The lowest BCUT2D eigenvalue weighted by Gasteiger charge is -2.22. The first-order valence-electron chi connectivity index (χ1n) is 10.4. The number of imidazole rings is 1. The SMILES string of the molecule is CCC(C)c1ccccc1OCC(O)CNC(c1cccc(F)c1)c1nccn1C. The van der Waals surface area contributed by atoms with Gasteiger partial charge in [-0.25, -0.2) is 9.37 Å². The third-order valence-electron chi connectivity index (χ3n) is 5.35. The number of rotatable bonds is 10. The number of aromatic nitrogens is 2. The number of para-hydroxylation sites is 1. The van der Waals surface area contributed by atoms with Gasteiger partial charge in [0.1, 0.15) is 30.1 Å². The summed E-state index contributed by atoms with van der Waals surface area (Å²) in [5, 5.41) is 13.8. The van der Waals surface area contributed by atoms with Crippen molar-refractivity contribution in [1.82, 2.24) is 14.9 Å². The van der Waals surface area contributed by atoms with Crippen molar-refractivity contribution in [2.75, 3.05) is 13.2 Å². The highest BCUT2D eigenvalue weighted by atomic mass is 19.1. The van der Waals surface area contributed by atoms with Gasteiger partial charge < -0.3 is 19.7 Å². The van der Waals surface area contributed by atoms with Crippen LogP contribution in [0, 0.1) is 5.82 Å². The van der Waals surface area contributed by atoms with Crippen molar-refractivity contribution in [3.8, 4) is 5.75 Å². The Kier molecular flexibility index (Phi) is 7.60. The maximum Gasteiger partial charge on any atom is 0.130 e. The number of aliphatic hydroxyl groups is 1. The molecule has 0 saturated carbocycles. The zero-order valence-corrected chi connectivity index (χ0v) is 17.8. The molecule has 3 unspecified atom stereocenters. The Balaban J connectivity index is 1.66. The van der Waals surface area contributed by atoms with E-state index in [-0.39, 0.29) is 25.0 Å². The van der Waals surface area contributed by atoms with E-state index >= 15 is 0 Å². The van der Waals surface area contributed by atoms with E-state index in [1.165, 1.54) is 12.1 Å². The van der Waals surface area contributed by atoms with E-state index in [4.69, 9.17) is 4.74 Å². The number of ether oxygens (including phenoxy) is 1. The molecular formula is C24H30FN3O2. The van der Waals surface area contributed by atoms with Crippen LogP contribution in [0.25, 0.3) is 0 Å². The summed E-state index contributed by atoms with van der Waals surface area (Å²) in [4.78, 5) is 4.40. The topological polar surface area (TPSA) is 59.3 Å². The predicted molar refractivity (Wildman–Crippen MR) is 116 cm³/mol. The molecule has 2 aromatic carbocycles. The molecule has 0 fully saturated rings. The van der Waals surface area contributed by atoms with Crippen LogP contribution in [-0.4, -0.2) is 33.9 Å². The third-order valence-corrected chi connectivity index (χ3v) is 5.35. The summed E-state index contributed by atoms with van der Waals surface area (Å²) in [6.45, 7) is 4.75. The number of hydrogen-bond acceptors (Lipinski definition) is 4. The molecule has 0 amide bonds. The van der Waals surface area contributed by atoms with E-state index in [1.54, 1.807) is 12.3 Å². The van der Waals surface area contributed by atoms with Gasteiger partial charge in [-0.3, -0.25) is 0 Å². The van der Waals surface area contributed by atoms with Crippen molar-refractivity contribution in [2.45, 2.75) is 38.3 Å². The second kappa shape index (κ2) is 10.4. The van der Waals surface area contributed by atoms with Crippen LogP contribution in [0.5, 0.6) is 5.75 Å². The first kappa shape index (κ1) is 22.0. The second-order valence-corrected chi connectivity index (χ2v) is 7.60. The fourth-order valence-corrected chi connectivity index (χ4v) is 3.44. The molecule has 2 N–H and O–H groups in total. The largest absolute Gasteiger partial charge is 0.491 e. The van der Waals surface area contributed by atoms with Gasteiger partial charge in [0.05, 0.1) is 6.04 Å². The molecule has 6 heteroatoms. The van der Waals surface area contributed by atoms with E-state index in [0.29, 0.717) is 5.92 Å². The molecule has 3 rings (SSSR count). The smallest absolute Gasteiger partial charge is 0.130 e. The van der Waals surface area contributed by atoms with Gasteiger partial charge in [0.15, 0.2) is 0 Å². The summed E-state index contributed by atoms with van der Waals surface area (Å²) in [5.74, 6) is 1.63. The van der Waals surface area contributed by atoms with Crippen molar-refractivity contribution < 1.29 is 14.2 Å². The van der Waals surface area contributed by atoms with Crippen molar-refractivity contribution in [3.63, 3.8) is 0 Å².